The van der Waals surface area contributed by atoms with Crippen molar-refractivity contribution in [3.05, 3.63) is 113 Å². The second-order valence-corrected chi connectivity index (χ2v) is 8.26. The van der Waals surface area contributed by atoms with E-state index in [-0.39, 0.29) is 21.9 Å². The summed E-state index contributed by atoms with van der Waals surface area (Å²) in [5.41, 5.74) is 9.72. The molecule has 0 bridgehead atoms. The highest BCUT2D eigenvalue weighted by Crippen LogP contribution is 2.30. The summed E-state index contributed by atoms with van der Waals surface area (Å²) in [5.74, 6) is 0. The Labute approximate surface area is 225 Å². The van der Waals surface area contributed by atoms with Crippen molar-refractivity contribution in [3.8, 4) is 0 Å². The lowest BCUT2D eigenvalue weighted by Crippen LogP contribution is -2.27. The van der Waals surface area contributed by atoms with Crippen molar-refractivity contribution < 1.29 is 25.9 Å². The summed E-state index contributed by atoms with van der Waals surface area (Å²) in [6.45, 7) is 4.46. The van der Waals surface area contributed by atoms with Gasteiger partial charge in [0, 0.05) is 20.9 Å². The molecule has 4 N–H and O–H groups in total. The summed E-state index contributed by atoms with van der Waals surface area (Å²) >= 11 is 0. The summed E-state index contributed by atoms with van der Waals surface area (Å²) in [6, 6.07) is 23.0. The number of anilines is 1. The van der Waals surface area contributed by atoms with Crippen LogP contribution >= 0.6 is 0 Å². The van der Waals surface area contributed by atoms with Gasteiger partial charge in [-0.1, -0.05) is 78.4 Å². The minimum absolute atomic E-state index is 0. The SMILES string of the molecule is CCOCO.Cc1ccc(/C=C/C/C(=C\C(=N)CNNc2cccc(C(F)(F)F)c2)c2ccccc2)cc1.[HH].[HH]. The van der Waals surface area contributed by atoms with Gasteiger partial charge in [0.25, 0.3) is 0 Å². The highest BCUT2D eigenvalue weighted by atomic mass is 19.4. The molecule has 0 aliphatic heterocycles. The summed E-state index contributed by atoms with van der Waals surface area (Å²) < 4.78 is 43.0. The number of alkyl halides is 3. The smallest absolute Gasteiger partial charge is 0.371 e. The van der Waals surface area contributed by atoms with Gasteiger partial charge in [-0.05, 0) is 61.2 Å². The maximum Gasteiger partial charge on any atom is 0.416 e. The molecular weight excluding hydrogens is 491 g/mol. The van der Waals surface area contributed by atoms with Crippen LogP contribution in [0.15, 0.2) is 91.0 Å². The zero-order chi connectivity index (χ0) is 27.8. The average Bonchev–Trinajstić information content (AvgIpc) is 2.90. The van der Waals surface area contributed by atoms with E-state index in [9.17, 15) is 13.2 Å². The van der Waals surface area contributed by atoms with Gasteiger partial charge < -0.3 is 20.7 Å². The number of aliphatic hydroxyl groups excluding tert-OH is 1. The van der Waals surface area contributed by atoms with Gasteiger partial charge in [-0.15, -0.1) is 0 Å². The van der Waals surface area contributed by atoms with E-state index in [1.165, 1.54) is 17.7 Å². The highest BCUT2D eigenvalue weighted by Gasteiger charge is 2.30. The molecule has 0 radical (unpaired) electrons. The standard InChI is InChI=1S/C27H26F3N3.C3H8O2.2H2/c1-20-13-15-21(16-14-20)7-5-10-23(22-8-3-2-4-9-22)17-25(31)19-32-33-26-12-6-11-24(18-26)27(28,29)30;1-2-5-3-4;;/h2-9,11-18,31-33H,10,19H2,1H3;4H,2-3H2,1H3;2*1H/b7-5+,23-17+,31-25?;;;. The first-order valence-electron chi connectivity index (χ1n) is 12.1. The van der Waals surface area contributed by atoms with Crippen LogP contribution in [0, 0.1) is 12.3 Å². The van der Waals surface area contributed by atoms with Gasteiger partial charge in [0.2, 0.25) is 0 Å². The van der Waals surface area contributed by atoms with E-state index in [1.807, 2.05) is 50.3 Å². The van der Waals surface area contributed by atoms with Crippen LogP contribution in [0.1, 0.15) is 38.5 Å². The van der Waals surface area contributed by atoms with Crippen LogP contribution in [-0.2, 0) is 10.9 Å². The average molecular weight is 530 g/mol. The van der Waals surface area contributed by atoms with E-state index in [2.05, 4.69) is 45.9 Å². The third-order valence-corrected chi connectivity index (χ3v) is 5.22. The second kappa shape index (κ2) is 16.2. The van der Waals surface area contributed by atoms with E-state index in [0.717, 1.165) is 28.8 Å². The van der Waals surface area contributed by atoms with E-state index in [1.54, 1.807) is 6.08 Å². The molecule has 0 aliphatic rings. The predicted molar refractivity (Wildman–Crippen MR) is 153 cm³/mol. The fraction of sp³-hybridized carbons (Fsp3) is 0.233. The molecule has 8 heteroatoms. The number of benzene rings is 3. The van der Waals surface area contributed by atoms with Crippen molar-refractivity contribution in [2.24, 2.45) is 0 Å². The molecule has 0 aliphatic carbocycles. The first-order valence-corrected chi connectivity index (χ1v) is 12.1. The fourth-order valence-corrected chi connectivity index (χ4v) is 3.28. The van der Waals surface area contributed by atoms with Gasteiger partial charge in [-0.3, -0.25) is 0 Å². The van der Waals surface area contributed by atoms with Crippen molar-refractivity contribution in [1.29, 1.82) is 5.41 Å². The molecule has 3 aromatic rings. The monoisotopic (exact) mass is 529 g/mol. The molecule has 38 heavy (non-hydrogen) atoms. The van der Waals surface area contributed by atoms with Gasteiger partial charge in [-0.2, -0.15) is 13.2 Å². The number of hydrogen-bond acceptors (Lipinski definition) is 5. The normalized spacial score (nSPS) is 11.7. The number of rotatable bonds is 11. The predicted octanol–water partition coefficient (Wildman–Crippen LogP) is 7.60. The maximum absolute atomic E-state index is 12.9. The second-order valence-electron chi connectivity index (χ2n) is 8.26. The van der Waals surface area contributed by atoms with Crippen LogP contribution in [0.25, 0.3) is 11.6 Å². The Balaban J connectivity index is 0.00000199. The number of aryl methyl sites for hydroxylation is 1. The number of halogens is 3. The van der Waals surface area contributed by atoms with Crippen LogP contribution in [0.3, 0.4) is 0 Å². The zero-order valence-corrected chi connectivity index (χ0v) is 21.6. The highest BCUT2D eigenvalue weighted by molar-refractivity contribution is 6.00. The van der Waals surface area contributed by atoms with Gasteiger partial charge >= 0.3 is 6.18 Å². The van der Waals surface area contributed by atoms with Crippen molar-refractivity contribution in [3.63, 3.8) is 0 Å². The molecule has 0 spiro atoms. The third-order valence-electron chi connectivity index (χ3n) is 5.22. The van der Waals surface area contributed by atoms with Crippen molar-refractivity contribution in [1.82, 2.24) is 5.43 Å². The van der Waals surface area contributed by atoms with Crippen LogP contribution < -0.4 is 10.9 Å². The van der Waals surface area contributed by atoms with Gasteiger partial charge in [0.15, 0.2) is 0 Å². The largest absolute Gasteiger partial charge is 0.416 e. The number of hydrogen-bond donors (Lipinski definition) is 4. The topological polar surface area (TPSA) is 77.4 Å². The lowest BCUT2D eigenvalue weighted by molar-refractivity contribution is -0.137. The Morgan fingerprint density at radius 3 is 2.34 bits per heavy atom. The maximum atomic E-state index is 12.9. The number of allylic oxidation sites excluding steroid dienone is 2. The van der Waals surface area contributed by atoms with Crippen LogP contribution in [-0.4, -0.2) is 30.8 Å². The summed E-state index contributed by atoms with van der Waals surface area (Å²) in [5, 5.41) is 16.2. The first-order chi connectivity index (χ1) is 18.2. The van der Waals surface area contributed by atoms with Gasteiger partial charge in [0.05, 0.1) is 12.1 Å². The first kappa shape index (κ1) is 30.5. The molecule has 0 atom stereocenters. The van der Waals surface area contributed by atoms with E-state index in [4.69, 9.17) is 10.5 Å². The zero-order valence-electron chi connectivity index (χ0n) is 21.6. The Morgan fingerprint density at radius 2 is 1.74 bits per heavy atom. The number of aliphatic hydroxyl groups is 1. The Hall–Kier alpha value is -3.72. The van der Waals surface area contributed by atoms with Gasteiger partial charge in [0.1, 0.15) is 6.79 Å². The lowest BCUT2D eigenvalue weighted by atomic mass is 10.00. The van der Waals surface area contributed by atoms with E-state index < -0.39 is 11.7 Å². The third kappa shape index (κ3) is 11.6. The summed E-state index contributed by atoms with van der Waals surface area (Å²) in [7, 11) is 0. The fourth-order valence-electron chi connectivity index (χ4n) is 3.28. The molecule has 0 fully saturated rings. The molecule has 0 heterocycles. The molecule has 0 unspecified atom stereocenters. The Morgan fingerprint density at radius 1 is 1.03 bits per heavy atom. The molecule has 5 nitrogen and oxygen atoms in total. The van der Waals surface area contributed by atoms with Crippen molar-refractivity contribution in [2.75, 3.05) is 25.4 Å². The molecule has 3 aromatic carbocycles. The van der Waals surface area contributed by atoms with Crippen LogP contribution in [0.4, 0.5) is 18.9 Å². The lowest BCUT2D eigenvalue weighted by Gasteiger charge is -2.12. The van der Waals surface area contributed by atoms with Gasteiger partial charge in [-0.25, -0.2) is 5.43 Å². The molecule has 3 rings (SSSR count). The van der Waals surface area contributed by atoms with E-state index in [0.29, 0.717) is 18.7 Å². The molecule has 0 amide bonds. The Bertz CT molecular complexity index is 1180. The quantitative estimate of drug-likeness (QED) is 0.117. The van der Waals surface area contributed by atoms with Crippen LogP contribution in [0.2, 0.25) is 0 Å². The summed E-state index contributed by atoms with van der Waals surface area (Å²) in [6.07, 6.45) is 2.14. The molecule has 0 saturated carbocycles. The van der Waals surface area contributed by atoms with Crippen molar-refractivity contribution in [2.45, 2.75) is 26.4 Å². The molecule has 206 valence electrons. The Kier molecular flexibility index (Phi) is 13.0. The number of hydrazine groups is 1. The molecular formula is C30H38F3N3O2. The molecule has 0 aromatic heterocycles. The number of ether oxygens (including phenoxy) is 1. The minimum Gasteiger partial charge on any atom is -0.371 e. The summed E-state index contributed by atoms with van der Waals surface area (Å²) in [4.78, 5) is 0. The van der Waals surface area contributed by atoms with Crippen LogP contribution in [0.5, 0.6) is 0 Å². The van der Waals surface area contributed by atoms with E-state index >= 15 is 0 Å². The minimum atomic E-state index is -4.40. The number of nitrogens with one attached hydrogen (secondary N) is 3. The van der Waals surface area contributed by atoms with Crippen molar-refractivity contribution >= 4 is 23.0 Å². The molecule has 0 saturated heterocycles.